The Morgan fingerprint density at radius 2 is 1.43 bits per heavy atom. The standard InChI is InChI=1S/C23H18FNO4S/c24-18-13-11-16(12-14-18)15-25-20(17-7-3-1-4-8-17)22(21(26)23(25)27)30(28,29)19-9-5-2-6-10-19/h1-14,20,26H,15H2/t20-/m1/s1. The molecule has 1 heterocycles. The molecular weight excluding hydrogens is 405 g/mol. The molecule has 1 aliphatic rings. The van der Waals surface area contributed by atoms with Gasteiger partial charge in [0.15, 0.2) is 5.76 Å². The summed E-state index contributed by atoms with van der Waals surface area (Å²) in [4.78, 5) is 13.8. The van der Waals surface area contributed by atoms with E-state index in [-0.39, 0.29) is 16.3 Å². The van der Waals surface area contributed by atoms with Crippen LogP contribution in [0.1, 0.15) is 17.2 Å². The van der Waals surface area contributed by atoms with Crippen molar-refractivity contribution in [2.45, 2.75) is 17.5 Å². The molecular formula is C23H18FNO4S. The number of rotatable bonds is 5. The van der Waals surface area contributed by atoms with Gasteiger partial charge in [-0.05, 0) is 35.4 Å². The van der Waals surface area contributed by atoms with Crippen LogP contribution in [0.25, 0.3) is 0 Å². The van der Waals surface area contributed by atoms with Gasteiger partial charge in [0.05, 0.1) is 10.9 Å². The van der Waals surface area contributed by atoms with Crippen molar-refractivity contribution in [3.8, 4) is 0 Å². The predicted octanol–water partition coefficient (Wildman–Crippen LogP) is 4.15. The van der Waals surface area contributed by atoms with E-state index in [1.807, 2.05) is 0 Å². The molecule has 0 bridgehead atoms. The minimum Gasteiger partial charge on any atom is -0.502 e. The molecule has 1 atom stereocenters. The lowest BCUT2D eigenvalue weighted by Gasteiger charge is -2.27. The third-order valence-electron chi connectivity index (χ3n) is 4.98. The third-order valence-corrected chi connectivity index (χ3v) is 6.87. The molecule has 0 saturated carbocycles. The van der Waals surface area contributed by atoms with Crippen molar-refractivity contribution >= 4 is 15.7 Å². The molecule has 152 valence electrons. The lowest BCUT2D eigenvalue weighted by atomic mass is 10.1. The zero-order valence-electron chi connectivity index (χ0n) is 15.8. The number of halogens is 1. The summed E-state index contributed by atoms with van der Waals surface area (Å²) in [7, 11) is -4.14. The SMILES string of the molecule is O=C1C(O)=C(S(=O)(=O)c2ccccc2)[C@@H](c2ccccc2)N1Cc1ccc(F)cc1. The summed E-state index contributed by atoms with van der Waals surface area (Å²) in [6.45, 7) is 0.0105. The lowest BCUT2D eigenvalue weighted by Crippen LogP contribution is -2.30. The highest BCUT2D eigenvalue weighted by Gasteiger charge is 2.46. The number of hydrogen-bond acceptors (Lipinski definition) is 4. The molecule has 5 nitrogen and oxygen atoms in total. The maximum absolute atomic E-state index is 13.4. The number of aliphatic hydroxyl groups excluding tert-OH is 1. The van der Waals surface area contributed by atoms with E-state index in [0.717, 1.165) is 0 Å². The number of carbonyl (C=O) groups excluding carboxylic acids is 1. The summed E-state index contributed by atoms with van der Waals surface area (Å²) < 4.78 is 40.0. The topological polar surface area (TPSA) is 74.7 Å². The summed E-state index contributed by atoms with van der Waals surface area (Å²) in [5.41, 5.74) is 1.16. The molecule has 1 aliphatic heterocycles. The van der Waals surface area contributed by atoms with Crippen LogP contribution in [0.2, 0.25) is 0 Å². The Balaban J connectivity index is 1.84. The van der Waals surface area contributed by atoms with Crippen LogP contribution in [-0.4, -0.2) is 24.3 Å². The first-order valence-electron chi connectivity index (χ1n) is 9.23. The Kier molecular flexibility index (Phi) is 5.13. The molecule has 0 fully saturated rings. The molecule has 4 rings (SSSR count). The lowest BCUT2D eigenvalue weighted by molar-refractivity contribution is -0.130. The number of benzene rings is 3. The second kappa shape index (κ2) is 7.76. The first-order chi connectivity index (χ1) is 14.4. The second-order valence-corrected chi connectivity index (χ2v) is 8.82. The Hall–Kier alpha value is -3.45. The van der Waals surface area contributed by atoms with E-state index in [2.05, 4.69) is 0 Å². The van der Waals surface area contributed by atoms with E-state index in [1.54, 1.807) is 48.5 Å². The molecule has 0 unspecified atom stereocenters. The first-order valence-corrected chi connectivity index (χ1v) is 10.7. The summed E-state index contributed by atoms with van der Waals surface area (Å²) in [5, 5.41) is 10.6. The number of nitrogens with zero attached hydrogens (tertiary/aromatic N) is 1. The average molecular weight is 423 g/mol. The maximum atomic E-state index is 13.4. The van der Waals surface area contributed by atoms with Gasteiger partial charge in [0.1, 0.15) is 10.7 Å². The zero-order chi connectivity index (χ0) is 21.3. The molecule has 0 saturated heterocycles. The maximum Gasteiger partial charge on any atom is 0.290 e. The Labute approximate surface area is 173 Å². The van der Waals surface area contributed by atoms with Crippen molar-refractivity contribution in [3.63, 3.8) is 0 Å². The predicted molar refractivity (Wildman–Crippen MR) is 109 cm³/mol. The van der Waals surface area contributed by atoms with Crippen LogP contribution in [0.15, 0.2) is 100 Å². The van der Waals surface area contributed by atoms with Crippen molar-refractivity contribution in [2.24, 2.45) is 0 Å². The zero-order valence-corrected chi connectivity index (χ0v) is 16.6. The number of hydrogen-bond donors (Lipinski definition) is 1. The highest BCUT2D eigenvalue weighted by Crippen LogP contribution is 2.43. The van der Waals surface area contributed by atoms with Crippen molar-refractivity contribution in [1.82, 2.24) is 4.90 Å². The number of amides is 1. The van der Waals surface area contributed by atoms with Crippen LogP contribution >= 0.6 is 0 Å². The molecule has 3 aromatic carbocycles. The number of aliphatic hydroxyl groups is 1. The Bertz CT molecular complexity index is 1210. The molecule has 0 aliphatic carbocycles. The molecule has 1 N–H and O–H groups in total. The Morgan fingerprint density at radius 1 is 0.867 bits per heavy atom. The van der Waals surface area contributed by atoms with Gasteiger partial charge in [-0.2, -0.15) is 0 Å². The van der Waals surface area contributed by atoms with E-state index < -0.39 is 33.4 Å². The fourth-order valence-electron chi connectivity index (χ4n) is 3.55. The summed E-state index contributed by atoms with van der Waals surface area (Å²) in [6, 6.07) is 20.9. The minimum atomic E-state index is -4.14. The van der Waals surface area contributed by atoms with Gasteiger partial charge in [-0.3, -0.25) is 4.79 Å². The van der Waals surface area contributed by atoms with Crippen molar-refractivity contribution in [1.29, 1.82) is 0 Å². The van der Waals surface area contributed by atoms with E-state index in [1.165, 1.54) is 41.3 Å². The fourth-order valence-corrected chi connectivity index (χ4v) is 5.22. The first kappa shape index (κ1) is 19.8. The highest BCUT2D eigenvalue weighted by molar-refractivity contribution is 7.95. The van der Waals surface area contributed by atoms with Gasteiger partial charge in [-0.1, -0.05) is 60.7 Å². The average Bonchev–Trinajstić information content (AvgIpc) is 3.02. The molecule has 7 heteroatoms. The van der Waals surface area contributed by atoms with Crippen LogP contribution in [0.4, 0.5) is 4.39 Å². The van der Waals surface area contributed by atoms with Gasteiger partial charge in [0.25, 0.3) is 5.91 Å². The summed E-state index contributed by atoms with van der Waals surface area (Å²) in [6.07, 6.45) is 0. The summed E-state index contributed by atoms with van der Waals surface area (Å²) in [5.74, 6) is -2.00. The monoisotopic (exact) mass is 423 g/mol. The molecule has 0 radical (unpaired) electrons. The normalized spacial score (nSPS) is 16.9. The van der Waals surface area contributed by atoms with E-state index in [9.17, 15) is 22.7 Å². The third kappa shape index (κ3) is 3.48. The van der Waals surface area contributed by atoms with E-state index in [0.29, 0.717) is 11.1 Å². The highest BCUT2D eigenvalue weighted by atomic mass is 32.2. The van der Waals surface area contributed by atoms with Crippen LogP contribution < -0.4 is 0 Å². The van der Waals surface area contributed by atoms with Gasteiger partial charge in [0.2, 0.25) is 9.84 Å². The molecule has 3 aromatic rings. The van der Waals surface area contributed by atoms with Gasteiger partial charge < -0.3 is 10.0 Å². The van der Waals surface area contributed by atoms with Crippen LogP contribution in [0.3, 0.4) is 0 Å². The van der Waals surface area contributed by atoms with Crippen LogP contribution in [0.5, 0.6) is 0 Å². The van der Waals surface area contributed by atoms with Gasteiger partial charge in [0, 0.05) is 6.54 Å². The largest absolute Gasteiger partial charge is 0.502 e. The summed E-state index contributed by atoms with van der Waals surface area (Å²) >= 11 is 0. The molecule has 30 heavy (non-hydrogen) atoms. The molecule has 0 spiro atoms. The van der Waals surface area contributed by atoms with Gasteiger partial charge in [-0.25, -0.2) is 12.8 Å². The van der Waals surface area contributed by atoms with Crippen molar-refractivity contribution in [2.75, 3.05) is 0 Å². The minimum absolute atomic E-state index is 0.0103. The molecule has 1 amide bonds. The van der Waals surface area contributed by atoms with Crippen LogP contribution in [0, 0.1) is 5.82 Å². The smallest absolute Gasteiger partial charge is 0.290 e. The number of carbonyl (C=O) groups is 1. The van der Waals surface area contributed by atoms with E-state index >= 15 is 0 Å². The Morgan fingerprint density at radius 3 is 2.03 bits per heavy atom. The van der Waals surface area contributed by atoms with Gasteiger partial charge in [-0.15, -0.1) is 0 Å². The van der Waals surface area contributed by atoms with Crippen molar-refractivity contribution in [3.05, 3.63) is 113 Å². The van der Waals surface area contributed by atoms with Crippen molar-refractivity contribution < 1.29 is 22.7 Å². The quantitative estimate of drug-likeness (QED) is 0.669. The van der Waals surface area contributed by atoms with Crippen LogP contribution in [-0.2, 0) is 21.2 Å². The van der Waals surface area contributed by atoms with E-state index in [4.69, 9.17) is 0 Å². The van der Waals surface area contributed by atoms with Gasteiger partial charge >= 0.3 is 0 Å². The molecule has 0 aromatic heterocycles. The number of sulfone groups is 1. The second-order valence-electron chi connectivity index (χ2n) is 6.90. The fraction of sp³-hybridized carbons (Fsp3) is 0.0870.